The van der Waals surface area contributed by atoms with Crippen LogP contribution in [-0.2, 0) is 15.0 Å². The summed E-state index contributed by atoms with van der Waals surface area (Å²) in [6, 6.07) is 16.2. The minimum Gasteiger partial charge on any atom is -0.326 e. The molecule has 4 nitrogen and oxygen atoms in total. The molecule has 2 aromatic carbocycles. The molecule has 0 aromatic heterocycles. The number of nitrogens with one attached hydrogen (secondary N) is 1. The molecule has 1 saturated heterocycles. The molecule has 1 unspecified atom stereocenters. The largest absolute Gasteiger partial charge is 0.326 e. The van der Waals surface area contributed by atoms with E-state index < -0.39 is 0 Å². The minimum atomic E-state index is -0.0488. The van der Waals surface area contributed by atoms with E-state index in [1.807, 2.05) is 41.3 Å². The number of hydrogen-bond acceptors (Lipinski definition) is 3. The molecule has 0 aliphatic carbocycles. The maximum Gasteiger partial charge on any atom is 0.238 e. The number of benzene rings is 2. The van der Waals surface area contributed by atoms with Crippen LogP contribution in [0.1, 0.15) is 69.9 Å². The van der Waals surface area contributed by atoms with Crippen LogP contribution < -0.4 is 10.2 Å². The van der Waals surface area contributed by atoms with Crippen LogP contribution in [0.25, 0.3) is 0 Å². The van der Waals surface area contributed by atoms with Crippen LogP contribution in [0.15, 0.2) is 48.5 Å². The van der Waals surface area contributed by atoms with Crippen molar-refractivity contribution < 1.29 is 9.59 Å². The Labute approximate surface area is 184 Å². The minimum absolute atomic E-state index is 0.0488. The SMILES string of the molecule is CCCCCC(=O)Nc1ccc(C2SCC(=O)N2c2ccc(C(C)(C)C)cc2)cc1. The molecule has 0 radical (unpaired) electrons. The molecule has 0 bridgehead atoms. The summed E-state index contributed by atoms with van der Waals surface area (Å²) in [6.07, 6.45) is 3.66. The Morgan fingerprint density at radius 1 is 1.07 bits per heavy atom. The summed E-state index contributed by atoms with van der Waals surface area (Å²) < 4.78 is 0. The molecule has 2 aromatic rings. The summed E-state index contributed by atoms with van der Waals surface area (Å²) in [4.78, 5) is 26.5. The van der Waals surface area contributed by atoms with Crippen molar-refractivity contribution in [2.24, 2.45) is 0 Å². The Kier molecular flexibility index (Phi) is 7.24. The zero-order chi connectivity index (χ0) is 21.7. The van der Waals surface area contributed by atoms with E-state index in [9.17, 15) is 9.59 Å². The normalized spacial score (nSPS) is 16.7. The van der Waals surface area contributed by atoms with E-state index in [2.05, 4.69) is 45.1 Å². The second kappa shape index (κ2) is 9.69. The maximum absolute atomic E-state index is 12.6. The molecule has 3 rings (SSSR count). The Morgan fingerprint density at radius 3 is 2.33 bits per heavy atom. The monoisotopic (exact) mass is 424 g/mol. The molecule has 30 heavy (non-hydrogen) atoms. The number of amides is 2. The van der Waals surface area contributed by atoms with Crippen LogP contribution in [0.2, 0.25) is 0 Å². The summed E-state index contributed by atoms with van der Waals surface area (Å²) in [5.74, 6) is 0.658. The van der Waals surface area contributed by atoms with E-state index in [4.69, 9.17) is 0 Å². The van der Waals surface area contributed by atoms with Gasteiger partial charge < -0.3 is 5.32 Å². The molecule has 2 amide bonds. The van der Waals surface area contributed by atoms with Gasteiger partial charge in [0, 0.05) is 17.8 Å². The predicted octanol–water partition coefficient (Wildman–Crippen LogP) is 6.28. The van der Waals surface area contributed by atoms with Gasteiger partial charge in [0.1, 0.15) is 5.37 Å². The molecule has 1 fully saturated rings. The Morgan fingerprint density at radius 2 is 1.73 bits per heavy atom. The number of rotatable bonds is 7. The number of unbranched alkanes of at least 4 members (excludes halogenated alkanes) is 2. The second-order valence-electron chi connectivity index (χ2n) is 8.85. The van der Waals surface area contributed by atoms with Crippen LogP contribution in [0.3, 0.4) is 0 Å². The van der Waals surface area contributed by atoms with Gasteiger partial charge in [-0.2, -0.15) is 0 Å². The number of anilines is 2. The Balaban J connectivity index is 1.71. The van der Waals surface area contributed by atoms with Gasteiger partial charge in [-0.1, -0.05) is 64.8 Å². The van der Waals surface area contributed by atoms with E-state index in [-0.39, 0.29) is 22.6 Å². The van der Waals surface area contributed by atoms with Crippen molar-refractivity contribution in [3.63, 3.8) is 0 Å². The van der Waals surface area contributed by atoms with Crippen molar-refractivity contribution in [2.75, 3.05) is 16.0 Å². The van der Waals surface area contributed by atoms with Crippen LogP contribution in [-0.4, -0.2) is 17.6 Å². The van der Waals surface area contributed by atoms with Gasteiger partial charge in [-0.25, -0.2) is 0 Å². The van der Waals surface area contributed by atoms with Crippen LogP contribution in [0, 0.1) is 0 Å². The molecule has 0 spiro atoms. The molecular weight excluding hydrogens is 392 g/mol. The molecular formula is C25H32N2O2S. The highest BCUT2D eigenvalue weighted by Gasteiger charge is 2.34. The zero-order valence-corrected chi connectivity index (χ0v) is 19.2. The van der Waals surface area contributed by atoms with Gasteiger partial charge >= 0.3 is 0 Å². The van der Waals surface area contributed by atoms with Gasteiger partial charge in [0.25, 0.3) is 0 Å². The highest BCUT2D eigenvalue weighted by molar-refractivity contribution is 8.00. The van der Waals surface area contributed by atoms with Gasteiger partial charge in [-0.3, -0.25) is 14.5 Å². The highest BCUT2D eigenvalue weighted by Crippen LogP contribution is 2.42. The Hall–Kier alpha value is -2.27. The summed E-state index contributed by atoms with van der Waals surface area (Å²) in [7, 11) is 0. The van der Waals surface area contributed by atoms with Crippen LogP contribution in [0.5, 0.6) is 0 Å². The fraction of sp³-hybridized carbons (Fsp3) is 0.440. The zero-order valence-electron chi connectivity index (χ0n) is 18.4. The number of thioether (sulfide) groups is 1. The lowest BCUT2D eigenvalue weighted by Gasteiger charge is -2.26. The van der Waals surface area contributed by atoms with Gasteiger partial charge in [0.2, 0.25) is 11.8 Å². The number of nitrogens with zero attached hydrogens (tertiary/aromatic N) is 1. The number of carbonyl (C=O) groups excluding carboxylic acids is 2. The predicted molar refractivity (Wildman–Crippen MR) is 127 cm³/mol. The van der Waals surface area contributed by atoms with Crippen LogP contribution >= 0.6 is 11.8 Å². The van der Waals surface area contributed by atoms with Crippen LogP contribution in [0.4, 0.5) is 11.4 Å². The lowest BCUT2D eigenvalue weighted by molar-refractivity contribution is -0.116. The first kappa shape index (κ1) is 22.4. The average Bonchev–Trinajstić information content (AvgIpc) is 3.09. The molecule has 0 saturated carbocycles. The Bertz CT molecular complexity index is 870. The third-order valence-electron chi connectivity index (χ3n) is 5.37. The first-order valence-corrected chi connectivity index (χ1v) is 11.8. The van der Waals surface area contributed by atoms with Crippen molar-refractivity contribution in [1.82, 2.24) is 0 Å². The van der Waals surface area contributed by atoms with E-state index >= 15 is 0 Å². The lowest BCUT2D eigenvalue weighted by atomic mass is 9.87. The van der Waals surface area contributed by atoms with Gasteiger partial charge in [-0.05, 0) is 47.2 Å². The van der Waals surface area contributed by atoms with Crippen molar-refractivity contribution in [1.29, 1.82) is 0 Å². The second-order valence-corrected chi connectivity index (χ2v) is 9.92. The van der Waals surface area contributed by atoms with Gasteiger partial charge in [0.05, 0.1) is 5.75 Å². The van der Waals surface area contributed by atoms with E-state index in [1.54, 1.807) is 11.8 Å². The molecule has 1 heterocycles. The number of hydrogen-bond donors (Lipinski definition) is 1. The van der Waals surface area contributed by atoms with Crippen molar-refractivity contribution in [3.8, 4) is 0 Å². The van der Waals surface area contributed by atoms with Crippen molar-refractivity contribution in [2.45, 2.75) is 64.2 Å². The van der Waals surface area contributed by atoms with Crippen molar-refractivity contribution >= 4 is 35.0 Å². The third-order valence-corrected chi connectivity index (χ3v) is 6.58. The molecule has 1 N–H and O–H groups in total. The fourth-order valence-corrected chi connectivity index (χ4v) is 4.74. The smallest absolute Gasteiger partial charge is 0.238 e. The number of carbonyl (C=O) groups is 2. The first-order valence-electron chi connectivity index (χ1n) is 10.7. The third kappa shape index (κ3) is 5.45. The maximum atomic E-state index is 12.6. The van der Waals surface area contributed by atoms with Gasteiger partial charge in [-0.15, -0.1) is 11.8 Å². The topological polar surface area (TPSA) is 49.4 Å². The van der Waals surface area contributed by atoms with E-state index in [0.717, 1.165) is 36.2 Å². The standard InChI is InChI=1S/C25H32N2O2S/c1-5-6-7-8-22(28)26-20-13-9-18(10-14-20)24-27(23(29)17-30-24)21-15-11-19(12-16-21)25(2,3)4/h9-16,24H,5-8,17H2,1-4H3,(H,26,28). The van der Waals surface area contributed by atoms with E-state index in [0.29, 0.717) is 12.2 Å². The fourth-order valence-electron chi connectivity index (χ4n) is 3.56. The molecule has 1 atom stereocenters. The average molecular weight is 425 g/mol. The molecule has 160 valence electrons. The highest BCUT2D eigenvalue weighted by atomic mass is 32.2. The molecule has 1 aliphatic heterocycles. The first-order chi connectivity index (χ1) is 14.3. The summed E-state index contributed by atoms with van der Waals surface area (Å²) >= 11 is 1.64. The van der Waals surface area contributed by atoms with E-state index in [1.165, 1.54) is 5.56 Å². The molecule has 1 aliphatic rings. The van der Waals surface area contributed by atoms with Crippen molar-refractivity contribution in [3.05, 3.63) is 59.7 Å². The van der Waals surface area contributed by atoms with Gasteiger partial charge in [0.15, 0.2) is 0 Å². The molecule has 5 heteroatoms. The summed E-state index contributed by atoms with van der Waals surface area (Å²) in [5, 5.41) is 2.92. The summed E-state index contributed by atoms with van der Waals surface area (Å²) in [6.45, 7) is 8.69. The summed E-state index contributed by atoms with van der Waals surface area (Å²) in [5.41, 5.74) is 4.13. The lowest BCUT2D eigenvalue weighted by Crippen LogP contribution is -2.28. The quantitative estimate of drug-likeness (QED) is 0.532.